The summed E-state index contributed by atoms with van der Waals surface area (Å²) in [5.41, 5.74) is 0.979. The van der Waals surface area contributed by atoms with Crippen molar-refractivity contribution in [1.29, 1.82) is 0 Å². The van der Waals surface area contributed by atoms with Crippen molar-refractivity contribution in [3.05, 3.63) is 47.5 Å². The van der Waals surface area contributed by atoms with Crippen molar-refractivity contribution in [2.24, 2.45) is 10.2 Å². The summed E-state index contributed by atoms with van der Waals surface area (Å²) in [5.74, 6) is -1.52. The molecule has 0 unspecified atom stereocenters. The largest absolute Gasteiger partial charge is 1.00 e. The second kappa shape index (κ2) is 11.8. The molecule has 15 heteroatoms. The topological polar surface area (TPSA) is 188 Å². The van der Waals surface area contributed by atoms with E-state index in [-0.39, 0.29) is 75.6 Å². The minimum atomic E-state index is -5.23. The van der Waals surface area contributed by atoms with E-state index in [0.717, 1.165) is 36.2 Å². The monoisotopic (exact) mass is 537 g/mol. The summed E-state index contributed by atoms with van der Waals surface area (Å²) < 4.78 is 70.2. The molecule has 11 nitrogen and oxygen atoms in total. The molecule has 0 saturated carbocycles. The number of nitrogens with zero attached hydrogens (tertiary/aromatic N) is 2. The van der Waals surface area contributed by atoms with Crippen LogP contribution >= 0.6 is 0 Å². The second-order valence-corrected chi connectivity index (χ2v) is 10.0. The van der Waals surface area contributed by atoms with Crippen molar-refractivity contribution in [1.82, 2.24) is 0 Å². The minimum absolute atomic E-state index is 0. The van der Waals surface area contributed by atoms with Gasteiger partial charge < -0.3 is 19.5 Å². The van der Waals surface area contributed by atoms with Crippen LogP contribution in [0.5, 0.6) is 5.75 Å². The van der Waals surface area contributed by atoms with Crippen LogP contribution < -0.4 is 64.4 Å². The molecule has 0 fully saturated rings. The van der Waals surface area contributed by atoms with Gasteiger partial charge in [0.05, 0.1) is 21.2 Å². The summed E-state index contributed by atoms with van der Waals surface area (Å²) in [5, 5.41) is 20.3. The predicted molar refractivity (Wildman–Crippen MR) is 116 cm³/mol. The Bertz CT molecular complexity index is 1540. The van der Waals surface area contributed by atoms with Gasteiger partial charge in [-0.05, 0) is 60.7 Å². The molecule has 0 aliphatic carbocycles. The maximum atomic E-state index is 11.9. The first-order valence-electron chi connectivity index (χ1n) is 9.20. The molecule has 0 bridgehead atoms. The third-order valence-electron chi connectivity index (χ3n) is 4.46. The molecule has 0 radical (unpaired) electrons. The van der Waals surface area contributed by atoms with Gasteiger partial charge in [-0.1, -0.05) is 6.07 Å². The summed E-state index contributed by atoms with van der Waals surface area (Å²) in [7, 11) is -10.3. The molecule has 3 aromatic rings. The summed E-state index contributed by atoms with van der Waals surface area (Å²) in [6, 6.07) is 7.47. The normalized spacial score (nSPS) is 11.7. The molecule has 0 aromatic heterocycles. The van der Waals surface area contributed by atoms with Crippen LogP contribution in [0.3, 0.4) is 0 Å². The first kappa shape index (κ1) is 31.6. The van der Waals surface area contributed by atoms with Crippen molar-refractivity contribution in [3.63, 3.8) is 0 Å². The van der Waals surface area contributed by atoms with Crippen LogP contribution in [0.2, 0.25) is 0 Å². The van der Waals surface area contributed by atoms with Crippen LogP contribution in [0.25, 0.3) is 10.8 Å². The van der Waals surface area contributed by atoms with Crippen LogP contribution in [0.4, 0.5) is 17.1 Å². The Morgan fingerprint density at radius 2 is 1.46 bits per heavy atom. The molecule has 0 aliphatic rings. The van der Waals surface area contributed by atoms with Gasteiger partial charge in [-0.2, -0.15) is 5.11 Å². The first-order chi connectivity index (χ1) is 15.2. The smallest absolute Gasteiger partial charge is 0.744 e. The van der Waals surface area contributed by atoms with E-state index < -0.39 is 47.4 Å². The second-order valence-electron chi connectivity index (χ2n) is 7.28. The molecule has 2 N–H and O–H groups in total. The van der Waals surface area contributed by atoms with Crippen LogP contribution in [0, 0.1) is 13.8 Å². The molecular weight excluding hydrogens is 520 g/mol. The van der Waals surface area contributed by atoms with Gasteiger partial charge in [0.25, 0.3) is 0 Å². The molecule has 0 saturated heterocycles. The van der Waals surface area contributed by atoms with E-state index in [2.05, 4.69) is 15.5 Å². The Morgan fingerprint density at radius 3 is 1.94 bits per heavy atom. The summed E-state index contributed by atoms with van der Waals surface area (Å²) in [4.78, 5) is 9.81. The number of carbonyl (C=O) groups excluding carboxylic acids is 1. The molecule has 35 heavy (non-hydrogen) atoms. The number of aromatic hydroxyl groups is 1. The summed E-state index contributed by atoms with van der Waals surface area (Å²) in [6.45, 7) is 4.70. The quantitative estimate of drug-likeness (QED) is 0.201. The number of hydrogen-bond acceptors (Lipinski definition) is 10. The van der Waals surface area contributed by atoms with E-state index in [9.17, 15) is 35.8 Å². The van der Waals surface area contributed by atoms with Gasteiger partial charge in [0, 0.05) is 12.3 Å². The zero-order valence-corrected chi connectivity index (χ0v) is 25.1. The van der Waals surface area contributed by atoms with E-state index in [4.69, 9.17) is 0 Å². The molecule has 3 rings (SSSR count). The molecule has 0 heterocycles. The zero-order valence-electron chi connectivity index (χ0n) is 19.5. The van der Waals surface area contributed by atoms with Crippen LogP contribution in [0.1, 0.15) is 18.1 Å². The van der Waals surface area contributed by atoms with Gasteiger partial charge >= 0.3 is 59.1 Å². The number of azo groups is 1. The van der Waals surface area contributed by atoms with Gasteiger partial charge in [-0.15, -0.1) is 5.11 Å². The number of amides is 1. The Labute approximate surface area is 246 Å². The van der Waals surface area contributed by atoms with E-state index >= 15 is 0 Å². The Balaban J connectivity index is 0.00000306. The Kier molecular flexibility index (Phi) is 10.6. The van der Waals surface area contributed by atoms with Gasteiger partial charge in [-0.3, -0.25) is 4.79 Å². The van der Waals surface area contributed by atoms with Crippen LogP contribution in [-0.2, 0) is 25.0 Å². The molecular formula is C20H17N3Na2O8S2. The number of phenolic OH excluding ortho intramolecular Hbond substituents is 1. The number of phenols is 1. The van der Waals surface area contributed by atoms with Crippen molar-refractivity contribution < 1.29 is 95.0 Å². The number of benzene rings is 3. The molecule has 0 atom stereocenters. The average Bonchev–Trinajstić information content (AvgIpc) is 2.63. The van der Waals surface area contributed by atoms with E-state index in [1.165, 1.54) is 0 Å². The number of fused-ring (bicyclic) bond motifs is 1. The standard InChI is InChI=1S/C20H19N3O8S2.2Na/c1-10-4-11(2)6-14(5-10)22-23-19-17(33(29,30)31)8-13-7-15(32(26,27)28)9-16(21-12(3)24)18(13)20(19)25;;/h4-9,25H,1-3H3,(H,21,24)(H,26,27,28)(H,29,30,31);;/q;2*+1/p-2. The van der Waals surface area contributed by atoms with Gasteiger partial charge in [0.15, 0.2) is 5.75 Å². The van der Waals surface area contributed by atoms with Crippen LogP contribution in [-0.4, -0.2) is 37.0 Å². The van der Waals surface area contributed by atoms with Crippen LogP contribution in [0.15, 0.2) is 56.4 Å². The molecule has 3 aromatic carbocycles. The van der Waals surface area contributed by atoms with Crippen molar-refractivity contribution >= 4 is 54.0 Å². The third kappa shape index (κ3) is 7.55. The number of hydrogen-bond donors (Lipinski definition) is 2. The van der Waals surface area contributed by atoms with Crippen molar-refractivity contribution in [3.8, 4) is 5.75 Å². The molecule has 0 spiro atoms. The van der Waals surface area contributed by atoms with Gasteiger partial charge in [0.2, 0.25) is 5.91 Å². The number of aryl methyl sites for hydroxylation is 2. The average molecular weight is 537 g/mol. The number of anilines is 1. The van der Waals surface area contributed by atoms with Gasteiger partial charge in [-0.25, -0.2) is 16.8 Å². The molecule has 0 aliphatic heterocycles. The zero-order chi connectivity index (χ0) is 24.7. The maximum absolute atomic E-state index is 11.9. The SMILES string of the molecule is CC(=O)Nc1cc(S(=O)(=O)[O-])cc2cc(S(=O)(=O)[O-])c(N=Nc3cc(C)cc(C)c3)c(O)c12.[Na+].[Na+]. The number of rotatable bonds is 5. The molecule has 1 amide bonds. The van der Waals surface area contributed by atoms with Gasteiger partial charge in [0.1, 0.15) is 25.9 Å². The fraction of sp³-hybridized carbons (Fsp3) is 0.150. The Morgan fingerprint density at radius 1 is 0.886 bits per heavy atom. The number of carbonyl (C=O) groups is 1. The first-order valence-corrected chi connectivity index (χ1v) is 12.0. The fourth-order valence-corrected chi connectivity index (χ4v) is 4.47. The minimum Gasteiger partial charge on any atom is -0.744 e. The summed E-state index contributed by atoms with van der Waals surface area (Å²) >= 11 is 0. The third-order valence-corrected chi connectivity index (χ3v) is 6.13. The Hall–Kier alpha value is -1.39. The predicted octanol–water partition coefficient (Wildman–Crippen LogP) is -2.65. The molecule has 174 valence electrons. The number of nitrogens with one attached hydrogen (secondary N) is 1. The van der Waals surface area contributed by atoms with Crippen molar-refractivity contribution in [2.75, 3.05) is 5.32 Å². The van der Waals surface area contributed by atoms with Crippen molar-refractivity contribution in [2.45, 2.75) is 30.6 Å². The maximum Gasteiger partial charge on any atom is 1.00 e. The van der Waals surface area contributed by atoms with E-state index in [0.29, 0.717) is 5.69 Å². The van der Waals surface area contributed by atoms with E-state index in [1.54, 1.807) is 26.0 Å². The summed E-state index contributed by atoms with van der Waals surface area (Å²) in [6.07, 6.45) is 0. The fourth-order valence-electron chi connectivity index (χ4n) is 3.30. The van der Waals surface area contributed by atoms with E-state index in [1.807, 2.05) is 6.07 Å².